The minimum Gasteiger partial charge on any atom is -0.457 e. The summed E-state index contributed by atoms with van der Waals surface area (Å²) in [4.78, 5) is 65.7. The fraction of sp³-hybridized carbons (Fsp3) is 0.0187. The monoisotopic (exact) mass is 1570 g/mol. The highest BCUT2D eigenvalue weighted by Gasteiger charge is 2.45. The molecule has 0 spiro atoms. The predicted octanol–water partition coefficient (Wildman–Crippen LogP) is 22.8. The lowest BCUT2D eigenvalue weighted by atomic mass is 9.33. The normalized spacial score (nSPS) is 11.8. The maximum Gasteiger partial charge on any atom is 0.338 e. The van der Waals surface area contributed by atoms with E-state index in [0.29, 0.717) is 62.9 Å². The van der Waals surface area contributed by atoms with Gasteiger partial charge < -0.3 is 23.8 Å². The van der Waals surface area contributed by atoms with E-state index in [1.165, 1.54) is 0 Å². The van der Waals surface area contributed by atoms with Gasteiger partial charge in [-0.2, -0.15) is 5.26 Å². The zero-order valence-corrected chi connectivity index (χ0v) is 65.6. The number of nitrogens with zero attached hydrogens (tertiary/aromatic N) is 10. The van der Waals surface area contributed by atoms with Gasteiger partial charge >= 0.3 is 11.9 Å². The first-order valence-electron chi connectivity index (χ1n) is 40.4. The van der Waals surface area contributed by atoms with Gasteiger partial charge in [0.1, 0.15) is 13.2 Å². The van der Waals surface area contributed by atoms with Crippen LogP contribution in [0.1, 0.15) is 37.4 Å². The van der Waals surface area contributed by atoms with Gasteiger partial charge in [0.15, 0.2) is 34.9 Å². The molecule has 21 rings (SSSR count). The molecule has 15 heteroatoms. The second-order valence-corrected chi connectivity index (χ2v) is 30.2. The summed E-state index contributed by atoms with van der Waals surface area (Å²) in [5, 5.41) is 12.7. The smallest absolute Gasteiger partial charge is 0.338 e. The van der Waals surface area contributed by atoms with Gasteiger partial charge in [0.25, 0.3) is 6.71 Å². The molecule has 0 unspecified atom stereocenters. The fourth-order valence-electron chi connectivity index (χ4n) is 16.9. The van der Waals surface area contributed by atoms with Crippen LogP contribution in [0.2, 0.25) is 0 Å². The van der Waals surface area contributed by atoms with E-state index in [2.05, 4.69) is 154 Å². The third kappa shape index (κ3) is 13.8. The summed E-state index contributed by atoms with van der Waals surface area (Å²) in [6.45, 7) is -0.301. The molecular weight excluding hydrogens is 1500 g/mol. The molecule has 574 valence electrons. The number of esters is 2. The van der Waals surface area contributed by atoms with Crippen molar-refractivity contribution < 1.29 is 19.1 Å². The molecule has 0 saturated carbocycles. The van der Waals surface area contributed by atoms with Crippen molar-refractivity contribution in [3.05, 3.63) is 422 Å². The van der Waals surface area contributed by atoms with Crippen LogP contribution in [0.25, 0.3) is 129 Å². The predicted molar refractivity (Wildman–Crippen MR) is 486 cm³/mol. The Morgan fingerprint density at radius 1 is 0.295 bits per heavy atom. The van der Waals surface area contributed by atoms with Crippen LogP contribution in [-0.4, -0.2) is 53.1 Å². The van der Waals surface area contributed by atoms with Crippen molar-refractivity contribution in [2.75, 3.05) is 9.80 Å². The summed E-state index contributed by atoms with van der Waals surface area (Å²) < 4.78 is 14.6. The maximum absolute atomic E-state index is 14.9. The number of aromatic nitrogens is 7. The van der Waals surface area contributed by atoms with Crippen LogP contribution in [0.5, 0.6) is 0 Å². The molecule has 0 N–H and O–H groups in total. The number of carbonyl (C=O) groups is 2. The van der Waals surface area contributed by atoms with Crippen LogP contribution < -0.4 is 26.2 Å². The summed E-state index contributed by atoms with van der Waals surface area (Å²) >= 11 is 0. The van der Waals surface area contributed by atoms with Gasteiger partial charge in [-0.05, 0) is 158 Å². The Kier molecular flexibility index (Phi) is 18.9. The molecule has 3 aromatic heterocycles. The van der Waals surface area contributed by atoms with Gasteiger partial charge in [0.2, 0.25) is 0 Å². The van der Waals surface area contributed by atoms with Gasteiger partial charge in [0.05, 0.1) is 39.5 Å². The number of ether oxygens (including phenoxy) is 2. The SMILES string of the molecule is N#Cc1ccc(-n2c3ccc(-c4cc5c6c(c4)N(c4ccc(-c7ccccc7)cc4)c4cc(C(=O)OCc7ccccc7)ccc4B6c4ccc(C(=O)OCc6ccccc6)cc4N5c4ccc(-c5ccccc5)cc4)cc3c3ccc(-c4nc(-c5ccccc5)nc(-c5ccccc5)n4)cc32)c(-c2nc(-c3ccccc3)nc(-c3ccccc3)n2)c1. The largest absolute Gasteiger partial charge is 0.457 e. The molecule has 2 aliphatic heterocycles. The Bertz CT molecular complexity index is 6960. The Hall–Kier alpha value is -16.6. The lowest BCUT2D eigenvalue weighted by Gasteiger charge is -2.44. The summed E-state index contributed by atoms with van der Waals surface area (Å²) in [6.07, 6.45) is 0. The first-order valence-corrected chi connectivity index (χ1v) is 40.4. The van der Waals surface area contributed by atoms with Gasteiger partial charge in [0, 0.05) is 78.3 Å². The number of rotatable bonds is 18. The summed E-state index contributed by atoms with van der Waals surface area (Å²) in [5.41, 5.74) is 23.6. The van der Waals surface area contributed by atoms with Crippen molar-refractivity contribution in [1.29, 1.82) is 5.26 Å². The molecule has 16 aromatic carbocycles. The van der Waals surface area contributed by atoms with E-state index < -0.39 is 18.7 Å². The Balaban J connectivity index is 0.819. The zero-order chi connectivity index (χ0) is 81.6. The average Bonchev–Trinajstić information content (AvgIpc) is 0.811. The van der Waals surface area contributed by atoms with Crippen LogP contribution in [-0.2, 0) is 22.7 Å². The highest BCUT2D eigenvalue weighted by molar-refractivity contribution is 7.00. The van der Waals surface area contributed by atoms with Crippen LogP contribution >= 0.6 is 0 Å². The molecule has 122 heavy (non-hydrogen) atoms. The van der Waals surface area contributed by atoms with Crippen LogP contribution in [0.4, 0.5) is 34.1 Å². The summed E-state index contributed by atoms with van der Waals surface area (Å²) in [5.74, 6) is 1.85. The van der Waals surface area contributed by atoms with Crippen molar-refractivity contribution >= 4 is 91.0 Å². The molecule has 14 nitrogen and oxygen atoms in total. The standard InChI is InChI=1S/C107H69BN10O4/c109-66-71-41-57-93(89(59-71)105-114-102(78-37-21-7-22-38-78)111-103(115-105)79-39-23-8-24-40-79)118-92-58-49-80(60-88(92)87-54-46-81(61-94(87)118)104-112-100(76-33-17-5-18-34-76)110-101(113-104)77-35-19-6-20-36-77)84-64-97-99-98(65-84)117(86-52-44-75(45-53-86)73-31-15-4-16-32-73)96-63-83(107(120)122-68-70-27-11-2-12-28-70)48-56-91(96)108(99)90-55-47-82(106(119)121-67-69-25-9-1-10-26-69)62-95(90)116(97)85-50-42-74(43-51-85)72-29-13-3-14-30-72/h1-65H,67-68H2. The average molecular weight is 1570 g/mol. The summed E-state index contributed by atoms with van der Waals surface area (Å²) in [6, 6.07) is 135. The number of anilines is 6. The van der Waals surface area contributed by atoms with Gasteiger partial charge in [-0.3, -0.25) is 0 Å². The molecule has 0 atom stereocenters. The molecule has 0 amide bonds. The number of benzene rings is 16. The van der Waals surface area contributed by atoms with E-state index in [-0.39, 0.29) is 13.2 Å². The minimum absolute atomic E-state index is 0.0821. The van der Waals surface area contributed by atoms with E-state index in [0.717, 1.165) is 145 Å². The molecule has 5 heterocycles. The van der Waals surface area contributed by atoms with Crippen molar-refractivity contribution in [1.82, 2.24) is 34.5 Å². The van der Waals surface area contributed by atoms with E-state index >= 15 is 0 Å². The van der Waals surface area contributed by atoms with E-state index in [9.17, 15) is 14.9 Å². The van der Waals surface area contributed by atoms with Gasteiger partial charge in [-0.15, -0.1) is 0 Å². The lowest BCUT2D eigenvalue weighted by molar-refractivity contribution is 0.0464. The molecular formula is C107H69BN10O4. The Morgan fingerprint density at radius 3 is 1.10 bits per heavy atom. The topological polar surface area (TPSA) is 165 Å². The second-order valence-electron chi connectivity index (χ2n) is 30.2. The molecule has 0 radical (unpaired) electrons. The molecule has 2 aliphatic rings. The quantitative estimate of drug-likeness (QED) is 0.0589. The molecule has 0 bridgehead atoms. The highest BCUT2D eigenvalue weighted by Crippen LogP contribution is 2.49. The number of fused-ring (bicyclic) bond motifs is 7. The third-order valence-electron chi connectivity index (χ3n) is 22.8. The van der Waals surface area contributed by atoms with Crippen molar-refractivity contribution in [3.8, 4) is 113 Å². The minimum atomic E-state index is -0.471. The molecule has 19 aromatic rings. The lowest BCUT2D eigenvalue weighted by Crippen LogP contribution is -2.61. The number of hydrogen-bond acceptors (Lipinski definition) is 13. The third-order valence-corrected chi connectivity index (χ3v) is 22.8. The van der Waals surface area contributed by atoms with Crippen molar-refractivity contribution in [2.45, 2.75) is 13.2 Å². The summed E-state index contributed by atoms with van der Waals surface area (Å²) in [7, 11) is 0. The van der Waals surface area contributed by atoms with Gasteiger partial charge in [-0.25, -0.2) is 39.5 Å². The van der Waals surface area contributed by atoms with E-state index in [4.69, 9.17) is 39.4 Å². The number of nitriles is 1. The maximum atomic E-state index is 14.9. The molecule has 0 saturated heterocycles. The van der Waals surface area contributed by atoms with E-state index in [1.54, 1.807) is 0 Å². The molecule has 0 fully saturated rings. The van der Waals surface area contributed by atoms with Crippen LogP contribution in [0, 0.1) is 11.3 Å². The highest BCUT2D eigenvalue weighted by atomic mass is 16.5. The fourth-order valence-corrected chi connectivity index (χ4v) is 16.9. The first-order chi connectivity index (χ1) is 60.2. The van der Waals surface area contributed by atoms with Crippen molar-refractivity contribution in [2.24, 2.45) is 0 Å². The van der Waals surface area contributed by atoms with Crippen LogP contribution in [0.3, 0.4) is 0 Å². The number of hydrogen-bond donors (Lipinski definition) is 0. The van der Waals surface area contributed by atoms with Crippen LogP contribution in [0.15, 0.2) is 394 Å². The Morgan fingerprint density at radius 2 is 0.672 bits per heavy atom. The van der Waals surface area contributed by atoms with Gasteiger partial charge in [-0.1, -0.05) is 297 Å². The van der Waals surface area contributed by atoms with Crippen molar-refractivity contribution in [3.63, 3.8) is 0 Å². The molecule has 0 aliphatic carbocycles. The first kappa shape index (κ1) is 73.1. The van der Waals surface area contributed by atoms with E-state index in [1.807, 2.05) is 261 Å². The second kappa shape index (κ2) is 31.5. The zero-order valence-electron chi connectivity index (χ0n) is 65.6. The number of carbonyl (C=O) groups excluding carboxylic acids is 2. The Labute approximate surface area is 704 Å².